The van der Waals surface area contributed by atoms with Crippen LogP contribution in [0.2, 0.25) is 0 Å². The number of hydrogen-bond acceptors (Lipinski definition) is 8. The van der Waals surface area contributed by atoms with Crippen molar-refractivity contribution in [3.05, 3.63) is 83.9 Å². The number of carbonyl (C=O) groups is 2. The van der Waals surface area contributed by atoms with Crippen molar-refractivity contribution in [1.29, 1.82) is 0 Å². The molecular formula is C31H35N7O3. The van der Waals surface area contributed by atoms with Crippen molar-refractivity contribution in [2.45, 2.75) is 12.5 Å². The van der Waals surface area contributed by atoms with Gasteiger partial charge in [0.25, 0.3) is 5.91 Å². The summed E-state index contributed by atoms with van der Waals surface area (Å²) in [5, 5.41) is 3.76. The zero-order valence-corrected chi connectivity index (χ0v) is 23.6. The summed E-state index contributed by atoms with van der Waals surface area (Å²) >= 11 is 0. The fourth-order valence-corrected chi connectivity index (χ4v) is 4.88. The minimum Gasteiger partial charge on any atom is -0.457 e. The summed E-state index contributed by atoms with van der Waals surface area (Å²) in [7, 11) is 5.44. The van der Waals surface area contributed by atoms with Gasteiger partial charge in [-0.15, -0.1) is 0 Å². The first kappa shape index (κ1) is 27.9. The van der Waals surface area contributed by atoms with Crippen LogP contribution in [0.3, 0.4) is 0 Å². The molecule has 0 aliphatic carbocycles. The van der Waals surface area contributed by atoms with Gasteiger partial charge in [-0.1, -0.05) is 30.3 Å². The Balaban J connectivity index is 1.36. The second kappa shape index (κ2) is 12.2. The molecule has 1 aliphatic heterocycles. The number of piperazine rings is 1. The lowest BCUT2D eigenvalue weighted by Gasteiger charge is -2.33. The number of likely N-dealkylation sites (N-methyl/N-ethyl adjacent to an activating group) is 2. The third-order valence-corrected chi connectivity index (χ3v) is 7.12. The maximum absolute atomic E-state index is 13.4. The third kappa shape index (κ3) is 6.72. The fraction of sp³-hybridized carbons (Fsp3) is 0.290. The van der Waals surface area contributed by atoms with Crippen LogP contribution in [0.5, 0.6) is 11.5 Å². The topological polar surface area (TPSA) is 117 Å². The quantitative estimate of drug-likeness (QED) is 0.342. The molecule has 1 unspecified atom stereocenters. The van der Waals surface area contributed by atoms with Crippen molar-refractivity contribution >= 4 is 34.5 Å². The highest BCUT2D eigenvalue weighted by molar-refractivity contribution is 6.02. The van der Waals surface area contributed by atoms with Crippen molar-refractivity contribution in [3.63, 3.8) is 0 Å². The third-order valence-electron chi connectivity index (χ3n) is 7.12. The molecule has 0 bridgehead atoms. The highest BCUT2D eigenvalue weighted by Gasteiger charge is 2.25. The van der Waals surface area contributed by atoms with E-state index < -0.39 is 6.04 Å². The average molecular weight is 554 g/mol. The molecule has 3 N–H and O–H groups in total. The van der Waals surface area contributed by atoms with Crippen LogP contribution in [-0.4, -0.2) is 84.9 Å². The summed E-state index contributed by atoms with van der Waals surface area (Å²) in [6, 6.07) is 21.5. The van der Waals surface area contributed by atoms with Crippen LogP contribution < -0.4 is 20.7 Å². The number of rotatable bonds is 8. The summed E-state index contributed by atoms with van der Waals surface area (Å²) in [5.74, 6) is 1.71. The number of hydrogen-bond donors (Lipinski definition) is 2. The number of anilines is 2. The van der Waals surface area contributed by atoms with Crippen LogP contribution in [0.25, 0.3) is 10.9 Å². The van der Waals surface area contributed by atoms with Gasteiger partial charge in [0.05, 0.1) is 5.52 Å². The largest absolute Gasteiger partial charge is 0.457 e. The molecule has 1 atom stereocenters. The van der Waals surface area contributed by atoms with E-state index in [1.165, 1.54) is 4.90 Å². The Labute approximate surface area is 239 Å². The number of nitrogens with one attached hydrogen (secondary N) is 1. The molecule has 1 aliphatic rings. The standard InChI is InChI=1S/C31H35N7O3/c1-36(2)30(40)27(19-21-8-7-11-24(18-21)41-23-9-5-4-6-10-23)33-29(39)22-12-13-25-26(20-22)34-31(32)35-28(25)38-16-14-37(3)15-17-38/h4-13,18,20,27H,14-17,19H2,1-3H3,(H,33,39)(H2,32,34,35). The monoisotopic (exact) mass is 553 g/mol. The van der Waals surface area contributed by atoms with Gasteiger partial charge in [0.15, 0.2) is 0 Å². The molecule has 41 heavy (non-hydrogen) atoms. The Morgan fingerprint density at radius 2 is 1.68 bits per heavy atom. The van der Waals surface area contributed by atoms with Crippen LogP contribution in [0.15, 0.2) is 72.8 Å². The molecule has 5 rings (SSSR count). The molecule has 1 saturated heterocycles. The highest BCUT2D eigenvalue weighted by Crippen LogP contribution is 2.27. The molecular weight excluding hydrogens is 518 g/mol. The number of ether oxygens (including phenoxy) is 1. The number of aromatic nitrogens is 2. The predicted octanol–water partition coefficient (Wildman–Crippen LogP) is 3.19. The molecule has 3 aromatic carbocycles. The van der Waals surface area contributed by atoms with E-state index in [1.807, 2.05) is 60.7 Å². The number of nitrogens with two attached hydrogens (primary N) is 1. The average Bonchev–Trinajstić information content (AvgIpc) is 2.96. The van der Waals surface area contributed by atoms with Crippen LogP contribution >= 0.6 is 0 Å². The van der Waals surface area contributed by atoms with Gasteiger partial charge >= 0.3 is 0 Å². The Kier molecular flexibility index (Phi) is 8.30. The summed E-state index contributed by atoms with van der Waals surface area (Å²) < 4.78 is 5.96. The zero-order valence-electron chi connectivity index (χ0n) is 23.6. The molecule has 1 fully saturated rings. The van der Waals surface area contributed by atoms with Crippen LogP contribution in [0, 0.1) is 0 Å². The molecule has 212 valence electrons. The van der Waals surface area contributed by atoms with Crippen LogP contribution in [-0.2, 0) is 11.2 Å². The number of fused-ring (bicyclic) bond motifs is 1. The smallest absolute Gasteiger partial charge is 0.252 e. The molecule has 0 saturated carbocycles. The number of nitrogens with zero attached hydrogens (tertiary/aromatic N) is 5. The van der Waals surface area contributed by atoms with Crippen molar-refractivity contribution in [2.24, 2.45) is 0 Å². The van der Waals surface area contributed by atoms with E-state index in [4.69, 9.17) is 10.5 Å². The van der Waals surface area contributed by atoms with Gasteiger partial charge in [-0.2, -0.15) is 4.98 Å². The van der Waals surface area contributed by atoms with E-state index in [0.29, 0.717) is 23.3 Å². The zero-order chi connectivity index (χ0) is 28.9. The Morgan fingerprint density at radius 1 is 0.951 bits per heavy atom. The van der Waals surface area contributed by atoms with E-state index >= 15 is 0 Å². The molecule has 4 aromatic rings. The second-order valence-corrected chi connectivity index (χ2v) is 10.5. The molecule has 10 nitrogen and oxygen atoms in total. The number of carbonyl (C=O) groups excluding carboxylic acids is 2. The van der Waals surface area contributed by atoms with Gasteiger partial charge in [-0.05, 0) is 55.1 Å². The predicted molar refractivity (Wildman–Crippen MR) is 160 cm³/mol. The Bertz CT molecular complexity index is 1540. The molecule has 2 heterocycles. The van der Waals surface area contributed by atoms with E-state index in [-0.39, 0.29) is 17.8 Å². The number of benzene rings is 3. The maximum Gasteiger partial charge on any atom is 0.252 e. The van der Waals surface area contributed by atoms with E-state index in [1.54, 1.807) is 26.2 Å². The fourth-order valence-electron chi connectivity index (χ4n) is 4.88. The molecule has 1 aromatic heterocycles. The summed E-state index contributed by atoms with van der Waals surface area (Å²) in [6.45, 7) is 3.51. The molecule has 10 heteroatoms. The maximum atomic E-state index is 13.4. The lowest BCUT2D eigenvalue weighted by molar-refractivity contribution is -0.130. The second-order valence-electron chi connectivity index (χ2n) is 10.5. The number of nitrogen functional groups attached to an aromatic ring is 1. The lowest BCUT2D eigenvalue weighted by Crippen LogP contribution is -2.47. The van der Waals surface area contributed by atoms with Crippen LogP contribution in [0.1, 0.15) is 15.9 Å². The van der Waals surface area contributed by atoms with E-state index in [2.05, 4.69) is 32.1 Å². The van der Waals surface area contributed by atoms with Gasteiger partial charge in [-0.3, -0.25) is 9.59 Å². The Hall–Kier alpha value is -4.70. The molecule has 0 radical (unpaired) electrons. The normalized spacial score (nSPS) is 14.5. The minimum atomic E-state index is -0.781. The number of amides is 2. The van der Waals surface area contributed by atoms with Crippen LogP contribution in [0.4, 0.5) is 11.8 Å². The van der Waals surface area contributed by atoms with E-state index in [9.17, 15) is 9.59 Å². The van der Waals surface area contributed by atoms with Gasteiger partial charge in [0.1, 0.15) is 23.4 Å². The van der Waals surface area contributed by atoms with Gasteiger partial charge in [-0.25, -0.2) is 4.98 Å². The first-order chi connectivity index (χ1) is 19.8. The first-order valence-electron chi connectivity index (χ1n) is 13.6. The summed E-state index contributed by atoms with van der Waals surface area (Å²) in [4.78, 5) is 41.4. The summed E-state index contributed by atoms with van der Waals surface area (Å²) in [5.41, 5.74) is 7.89. The van der Waals surface area contributed by atoms with Gasteiger partial charge in [0, 0.05) is 57.6 Å². The van der Waals surface area contributed by atoms with Crippen molar-refractivity contribution in [1.82, 2.24) is 25.1 Å². The van der Waals surface area contributed by atoms with Gasteiger partial charge < -0.3 is 30.5 Å². The van der Waals surface area contributed by atoms with Crippen molar-refractivity contribution < 1.29 is 14.3 Å². The highest BCUT2D eigenvalue weighted by atomic mass is 16.5. The lowest BCUT2D eigenvalue weighted by atomic mass is 10.0. The van der Waals surface area contributed by atoms with Crippen molar-refractivity contribution in [2.75, 3.05) is 58.0 Å². The first-order valence-corrected chi connectivity index (χ1v) is 13.6. The minimum absolute atomic E-state index is 0.155. The number of para-hydroxylation sites is 1. The molecule has 0 spiro atoms. The van der Waals surface area contributed by atoms with Gasteiger partial charge in [0.2, 0.25) is 11.9 Å². The van der Waals surface area contributed by atoms with E-state index in [0.717, 1.165) is 48.7 Å². The Morgan fingerprint density at radius 3 is 2.41 bits per heavy atom. The van der Waals surface area contributed by atoms with Crippen molar-refractivity contribution in [3.8, 4) is 11.5 Å². The molecule has 2 amide bonds. The summed E-state index contributed by atoms with van der Waals surface area (Å²) in [6.07, 6.45) is 0.297. The SMILES string of the molecule is CN1CCN(c2nc(N)nc3cc(C(=O)NC(Cc4cccc(Oc5ccccc5)c4)C(=O)N(C)C)ccc23)CC1.